The quantitative estimate of drug-likeness (QED) is 0.309. The highest BCUT2D eigenvalue weighted by Gasteiger charge is 2.34. The van der Waals surface area contributed by atoms with E-state index in [2.05, 4.69) is 11.7 Å². The average molecular weight is 415 g/mol. The summed E-state index contributed by atoms with van der Waals surface area (Å²) in [6.07, 6.45) is 10.5. The monoisotopic (exact) mass is 414 g/mol. The Hall–Kier alpha value is -1.26. The lowest BCUT2D eigenvalue weighted by Gasteiger charge is -2.31. The molecule has 1 unspecified atom stereocenters. The van der Waals surface area contributed by atoms with Crippen molar-refractivity contribution in [3.05, 3.63) is 29.1 Å². The van der Waals surface area contributed by atoms with E-state index in [0.29, 0.717) is 17.9 Å². The van der Waals surface area contributed by atoms with Crippen molar-refractivity contribution in [3.63, 3.8) is 0 Å². The second-order valence-corrected chi connectivity index (χ2v) is 9.13. The zero-order valence-corrected chi connectivity index (χ0v) is 17.5. The van der Waals surface area contributed by atoms with Crippen LogP contribution in [-0.2, 0) is 12.8 Å². The lowest BCUT2D eigenvalue weighted by Crippen LogP contribution is -2.21. The van der Waals surface area contributed by atoms with E-state index in [1.165, 1.54) is 57.8 Å². The fourth-order valence-electron chi connectivity index (χ4n) is 5.28. The van der Waals surface area contributed by atoms with Crippen LogP contribution in [0.4, 0.5) is 17.6 Å². The number of unbranched alkanes of at least 4 members (excludes halogenated alkanes) is 2. The molecule has 164 valence electrons. The van der Waals surface area contributed by atoms with Gasteiger partial charge in [-0.05, 0) is 60.6 Å². The third kappa shape index (κ3) is 6.62. The Kier molecular flexibility index (Phi) is 7.86. The summed E-state index contributed by atoms with van der Waals surface area (Å²) < 4.78 is 55.4. The summed E-state index contributed by atoms with van der Waals surface area (Å²) in [7, 11) is 0. The van der Waals surface area contributed by atoms with Crippen LogP contribution in [0.1, 0.15) is 88.7 Å². The molecule has 0 bridgehead atoms. The van der Waals surface area contributed by atoms with Crippen LogP contribution >= 0.6 is 0 Å². The van der Waals surface area contributed by atoms with Crippen molar-refractivity contribution < 1.29 is 22.3 Å². The highest BCUT2D eigenvalue weighted by molar-refractivity contribution is 5.39. The molecule has 0 saturated heterocycles. The van der Waals surface area contributed by atoms with Gasteiger partial charge in [0.2, 0.25) is 0 Å². The lowest BCUT2D eigenvalue weighted by atomic mass is 9.75. The van der Waals surface area contributed by atoms with E-state index in [1.54, 1.807) is 6.07 Å². The Bertz CT molecular complexity index is 647. The van der Waals surface area contributed by atoms with Crippen LogP contribution in [0.2, 0.25) is 0 Å². The molecule has 0 spiro atoms. The first kappa shape index (κ1) is 22.4. The van der Waals surface area contributed by atoms with Crippen LogP contribution < -0.4 is 4.74 Å². The van der Waals surface area contributed by atoms with Gasteiger partial charge in [0.1, 0.15) is 0 Å². The normalized spacial score (nSPS) is 24.9. The third-order valence-electron chi connectivity index (χ3n) is 7.01. The van der Waals surface area contributed by atoms with Crippen molar-refractivity contribution in [1.82, 2.24) is 0 Å². The van der Waals surface area contributed by atoms with Crippen molar-refractivity contribution >= 4 is 0 Å². The van der Waals surface area contributed by atoms with Crippen LogP contribution in [0.5, 0.6) is 5.75 Å². The molecule has 1 nitrogen and oxygen atoms in total. The standard InChI is InChI=1S/C24H34F4O/c1-2-3-4-5-17-6-8-18(9-7-17)10-11-19-12-14-21-20(16-19)13-15-22(23(21)25)29-24(26,27)28/h13,15,17-19H,2-12,14,16H2,1H3. The number of alkyl halides is 3. The highest BCUT2D eigenvalue weighted by atomic mass is 19.4. The van der Waals surface area contributed by atoms with Gasteiger partial charge >= 0.3 is 6.36 Å². The molecule has 29 heavy (non-hydrogen) atoms. The molecule has 0 aromatic heterocycles. The molecule has 2 aliphatic carbocycles. The predicted octanol–water partition coefficient (Wildman–Crippen LogP) is 8.00. The lowest BCUT2D eigenvalue weighted by molar-refractivity contribution is -0.275. The van der Waals surface area contributed by atoms with Crippen LogP contribution in [0, 0.1) is 23.6 Å². The number of hydrogen-bond donors (Lipinski definition) is 0. The average Bonchev–Trinajstić information content (AvgIpc) is 2.69. The molecule has 0 N–H and O–H groups in total. The Labute approximate surface area is 172 Å². The topological polar surface area (TPSA) is 9.23 Å². The maximum absolute atomic E-state index is 14.4. The summed E-state index contributed by atoms with van der Waals surface area (Å²) in [5.74, 6) is 0.720. The smallest absolute Gasteiger partial charge is 0.403 e. The molecule has 1 atom stereocenters. The van der Waals surface area contributed by atoms with Crippen molar-refractivity contribution in [2.24, 2.45) is 17.8 Å². The Morgan fingerprint density at radius 2 is 1.55 bits per heavy atom. The van der Waals surface area contributed by atoms with E-state index in [0.717, 1.165) is 42.7 Å². The predicted molar refractivity (Wildman–Crippen MR) is 107 cm³/mol. The van der Waals surface area contributed by atoms with Crippen molar-refractivity contribution in [2.75, 3.05) is 0 Å². The molecule has 2 aliphatic rings. The fourth-order valence-corrected chi connectivity index (χ4v) is 5.28. The molecule has 1 fully saturated rings. The molecule has 0 radical (unpaired) electrons. The summed E-state index contributed by atoms with van der Waals surface area (Å²) in [6, 6.07) is 2.75. The zero-order chi connectivity index (χ0) is 20.9. The van der Waals surface area contributed by atoms with Crippen molar-refractivity contribution in [3.8, 4) is 5.75 Å². The second-order valence-electron chi connectivity index (χ2n) is 9.13. The van der Waals surface area contributed by atoms with E-state index >= 15 is 0 Å². The number of halogens is 4. The van der Waals surface area contributed by atoms with Gasteiger partial charge in [0.25, 0.3) is 0 Å². The highest BCUT2D eigenvalue weighted by Crippen LogP contribution is 2.38. The largest absolute Gasteiger partial charge is 0.573 e. The van der Waals surface area contributed by atoms with Crippen LogP contribution in [0.25, 0.3) is 0 Å². The molecule has 0 amide bonds. The van der Waals surface area contributed by atoms with Gasteiger partial charge in [-0.25, -0.2) is 4.39 Å². The van der Waals surface area contributed by atoms with Crippen molar-refractivity contribution in [2.45, 2.75) is 96.8 Å². The van der Waals surface area contributed by atoms with Gasteiger partial charge in [-0.2, -0.15) is 0 Å². The molecular weight excluding hydrogens is 380 g/mol. The molecule has 0 aliphatic heterocycles. The van der Waals surface area contributed by atoms with Crippen molar-refractivity contribution in [1.29, 1.82) is 0 Å². The summed E-state index contributed by atoms with van der Waals surface area (Å²) in [5.41, 5.74) is 1.27. The number of benzene rings is 1. The first-order valence-corrected chi connectivity index (χ1v) is 11.4. The fraction of sp³-hybridized carbons (Fsp3) is 0.750. The van der Waals surface area contributed by atoms with Gasteiger partial charge in [-0.1, -0.05) is 70.8 Å². The summed E-state index contributed by atoms with van der Waals surface area (Å²) in [4.78, 5) is 0. The Morgan fingerprint density at radius 1 is 0.897 bits per heavy atom. The van der Waals surface area contributed by atoms with Gasteiger partial charge in [-0.3, -0.25) is 0 Å². The second kappa shape index (κ2) is 10.2. The van der Waals surface area contributed by atoms with E-state index in [1.807, 2.05) is 0 Å². The summed E-state index contributed by atoms with van der Waals surface area (Å²) >= 11 is 0. The number of hydrogen-bond acceptors (Lipinski definition) is 1. The SMILES string of the molecule is CCCCCC1CCC(CCC2CCc3c(ccc(OC(F)(F)F)c3F)C2)CC1. The van der Waals surface area contributed by atoms with Gasteiger partial charge in [0.15, 0.2) is 11.6 Å². The molecule has 1 saturated carbocycles. The van der Waals surface area contributed by atoms with Gasteiger partial charge in [0, 0.05) is 0 Å². The first-order chi connectivity index (χ1) is 13.9. The first-order valence-electron chi connectivity index (χ1n) is 11.4. The van der Waals surface area contributed by atoms with E-state index in [-0.39, 0.29) is 0 Å². The number of ether oxygens (including phenoxy) is 1. The molecule has 1 aromatic carbocycles. The van der Waals surface area contributed by atoms with E-state index in [9.17, 15) is 17.6 Å². The van der Waals surface area contributed by atoms with Gasteiger partial charge in [-0.15, -0.1) is 13.2 Å². The minimum Gasteiger partial charge on any atom is -0.403 e. The molecule has 0 heterocycles. The molecule has 5 heteroatoms. The van der Waals surface area contributed by atoms with E-state index in [4.69, 9.17) is 0 Å². The van der Waals surface area contributed by atoms with Crippen LogP contribution in [0.3, 0.4) is 0 Å². The van der Waals surface area contributed by atoms with Gasteiger partial charge < -0.3 is 4.74 Å². The molecular formula is C24H34F4O. The maximum Gasteiger partial charge on any atom is 0.573 e. The summed E-state index contributed by atoms with van der Waals surface area (Å²) in [5, 5.41) is 0. The number of rotatable bonds is 8. The Morgan fingerprint density at radius 3 is 2.21 bits per heavy atom. The molecule has 1 aromatic rings. The van der Waals surface area contributed by atoms with Crippen LogP contribution in [0.15, 0.2) is 12.1 Å². The Balaban J connectivity index is 1.44. The molecule has 3 rings (SSSR count). The van der Waals surface area contributed by atoms with E-state index < -0.39 is 17.9 Å². The minimum absolute atomic E-state index is 0.413. The summed E-state index contributed by atoms with van der Waals surface area (Å²) in [6.45, 7) is 2.25. The van der Waals surface area contributed by atoms with Crippen LogP contribution in [-0.4, -0.2) is 6.36 Å². The minimum atomic E-state index is -4.86. The zero-order valence-electron chi connectivity index (χ0n) is 17.5. The number of fused-ring (bicyclic) bond motifs is 1. The third-order valence-corrected chi connectivity index (χ3v) is 7.01. The maximum atomic E-state index is 14.4. The van der Waals surface area contributed by atoms with Gasteiger partial charge in [0.05, 0.1) is 0 Å².